The third-order valence-corrected chi connectivity index (χ3v) is 7.89. The quantitative estimate of drug-likeness (QED) is 0.285. The van der Waals surface area contributed by atoms with Crippen molar-refractivity contribution in [1.82, 2.24) is 34.0 Å². The van der Waals surface area contributed by atoms with Gasteiger partial charge in [0.25, 0.3) is 12.3 Å². The Morgan fingerprint density at radius 2 is 1.81 bits per heavy atom. The fourth-order valence-electron chi connectivity index (χ4n) is 5.60. The van der Waals surface area contributed by atoms with Crippen LogP contribution in [0.4, 0.5) is 8.78 Å². The number of benzene rings is 1. The van der Waals surface area contributed by atoms with E-state index in [1.165, 1.54) is 16.8 Å². The van der Waals surface area contributed by atoms with Gasteiger partial charge in [0.05, 0.1) is 33.5 Å². The van der Waals surface area contributed by atoms with E-state index in [4.69, 9.17) is 11.6 Å². The van der Waals surface area contributed by atoms with E-state index < -0.39 is 18.0 Å². The average Bonchev–Trinajstić information content (AvgIpc) is 3.54. The third kappa shape index (κ3) is 5.25. The molecule has 0 aliphatic heterocycles. The normalized spacial score (nSPS) is 17.1. The number of hydrogen-bond acceptors (Lipinski definition) is 5. The van der Waals surface area contributed by atoms with Crippen LogP contribution < -0.4 is 16.7 Å². The van der Waals surface area contributed by atoms with Crippen molar-refractivity contribution in [3.63, 3.8) is 0 Å². The van der Waals surface area contributed by atoms with E-state index in [1.54, 1.807) is 33.7 Å². The monoisotopic (exact) mass is 593 g/mol. The van der Waals surface area contributed by atoms with Crippen LogP contribution in [0.25, 0.3) is 22.5 Å². The SMILES string of the molecule is O=C(NC1CCC(Cn2c(=O)n(-c3ccc(-n4cc[nH]c4=O)cn3)c3ccccc32)CC1)c1cc(Cl)cnc1C(F)F. The Kier molecular flexibility index (Phi) is 7.46. The van der Waals surface area contributed by atoms with Crippen LogP contribution in [0, 0.1) is 5.92 Å². The van der Waals surface area contributed by atoms with Gasteiger partial charge in [-0.05, 0) is 61.9 Å². The third-order valence-electron chi connectivity index (χ3n) is 7.68. The number of fused-ring (bicyclic) bond motifs is 1. The zero-order valence-corrected chi connectivity index (χ0v) is 23.0. The van der Waals surface area contributed by atoms with Gasteiger partial charge < -0.3 is 10.3 Å². The smallest absolute Gasteiger partial charge is 0.334 e. The first-order valence-corrected chi connectivity index (χ1v) is 13.9. The van der Waals surface area contributed by atoms with Gasteiger partial charge in [0.1, 0.15) is 11.5 Å². The molecule has 6 rings (SSSR count). The van der Waals surface area contributed by atoms with Gasteiger partial charge in [0, 0.05) is 31.2 Å². The Bertz CT molecular complexity index is 1870. The molecule has 4 heterocycles. The molecule has 1 saturated carbocycles. The van der Waals surface area contributed by atoms with Crippen molar-refractivity contribution in [2.24, 2.45) is 5.92 Å². The van der Waals surface area contributed by atoms with Gasteiger partial charge in [-0.1, -0.05) is 23.7 Å². The lowest BCUT2D eigenvalue weighted by atomic mass is 9.85. The molecule has 2 N–H and O–H groups in total. The number of carbonyl (C=O) groups excluding carboxylic acids is 1. The zero-order valence-electron chi connectivity index (χ0n) is 22.2. The fourth-order valence-corrected chi connectivity index (χ4v) is 5.76. The number of imidazole rings is 2. The second-order valence-corrected chi connectivity index (χ2v) is 10.7. The molecule has 1 aliphatic rings. The maximum atomic E-state index is 13.7. The largest absolute Gasteiger partial charge is 0.349 e. The number of halogens is 3. The van der Waals surface area contributed by atoms with E-state index >= 15 is 0 Å². The highest BCUT2D eigenvalue weighted by molar-refractivity contribution is 6.30. The summed E-state index contributed by atoms with van der Waals surface area (Å²) in [6.07, 6.45) is 5.66. The molecule has 10 nitrogen and oxygen atoms in total. The van der Waals surface area contributed by atoms with Crippen LogP contribution in [0.3, 0.4) is 0 Å². The standard InChI is InChI=1S/C29H26ClF2N7O3/c30-18-13-21(25(26(31)32)35-14-18)27(40)36-19-7-5-17(6-8-19)16-38-22-3-1-2-4-23(22)39(29(38)42)24-10-9-20(15-34-24)37-12-11-33-28(37)41/h1-4,9-15,17,19,26H,5-8,16H2,(H,33,41)(H,36,40). The van der Waals surface area contributed by atoms with Gasteiger partial charge >= 0.3 is 11.4 Å². The summed E-state index contributed by atoms with van der Waals surface area (Å²) in [5.74, 6) is -0.00862. The molecule has 0 unspecified atom stereocenters. The number of rotatable bonds is 7. The maximum absolute atomic E-state index is 13.7. The van der Waals surface area contributed by atoms with Crippen LogP contribution in [0.1, 0.15) is 48.2 Å². The number of carbonyl (C=O) groups is 1. The van der Waals surface area contributed by atoms with E-state index in [9.17, 15) is 23.2 Å². The van der Waals surface area contributed by atoms with Crippen molar-refractivity contribution in [3.8, 4) is 11.5 Å². The molecule has 4 aromatic heterocycles. The Labute approximate surface area is 242 Å². The van der Waals surface area contributed by atoms with Gasteiger partial charge in [0.2, 0.25) is 0 Å². The Morgan fingerprint density at radius 3 is 2.48 bits per heavy atom. The highest BCUT2D eigenvalue weighted by atomic mass is 35.5. The molecule has 0 bridgehead atoms. The minimum Gasteiger partial charge on any atom is -0.349 e. The fraction of sp³-hybridized carbons (Fsp3) is 0.276. The molecule has 1 amide bonds. The minimum absolute atomic E-state index is 0.111. The van der Waals surface area contributed by atoms with E-state index in [-0.39, 0.29) is 33.9 Å². The van der Waals surface area contributed by atoms with Crippen LogP contribution in [0.2, 0.25) is 5.02 Å². The summed E-state index contributed by atoms with van der Waals surface area (Å²) in [6.45, 7) is 0.484. The minimum atomic E-state index is -2.89. The zero-order chi connectivity index (χ0) is 29.4. The van der Waals surface area contributed by atoms with E-state index in [0.29, 0.717) is 36.4 Å². The summed E-state index contributed by atoms with van der Waals surface area (Å²) >= 11 is 5.90. The average molecular weight is 594 g/mol. The first-order valence-electron chi connectivity index (χ1n) is 13.5. The summed E-state index contributed by atoms with van der Waals surface area (Å²) in [6, 6.07) is 12.0. The maximum Gasteiger partial charge on any atom is 0.334 e. The number of aromatic nitrogens is 6. The first-order chi connectivity index (χ1) is 20.3. The number of amides is 1. The van der Waals surface area contributed by atoms with Crippen molar-refractivity contribution < 1.29 is 13.6 Å². The molecule has 0 radical (unpaired) electrons. The molecule has 42 heavy (non-hydrogen) atoms. The topological polar surface area (TPSA) is 120 Å². The number of aromatic amines is 1. The molecule has 1 aliphatic carbocycles. The highest BCUT2D eigenvalue weighted by Crippen LogP contribution is 2.29. The summed E-state index contributed by atoms with van der Waals surface area (Å²) in [5, 5.41) is 2.96. The van der Waals surface area contributed by atoms with E-state index in [0.717, 1.165) is 24.6 Å². The van der Waals surface area contributed by atoms with E-state index in [1.807, 2.05) is 24.3 Å². The molecule has 0 saturated heterocycles. The number of nitrogens with zero attached hydrogens (tertiary/aromatic N) is 5. The predicted octanol–water partition coefficient (Wildman–Crippen LogP) is 4.64. The van der Waals surface area contributed by atoms with Gasteiger partial charge in [-0.2, -0.15) is 0 Å². The summed E-state index contributed by atoms with van der Waals surface area (Å²) < 4.78 is 31.5. The van der Waals surface area contributed by atoms with Crippen LogP contribution in [-0.2, 0) is 6.54 Å². The number of alkyl halides is 2. The number of nitrogens with one attached hydrogen (secondary N) is 2. The van der Waals surface area contributed by atoms with Gasteiger partial charge in [0.15, 0.2) is 0 Å². The van der Waals surface area contributed by atoms with Crippen LogP contribution in [-0.4, -0.2) is 40.6 Å². The van der Waals surface area contributed by atoms with Crippen molar-refractivity contribution >= 4 is 28.5 Å². The predicted molar refractivity (Wildman–Crippen MR) is 153 cm³/mol. The van der Waals surface area contributed by atoms with Crippen LogP contribution in [0.5, 0.6) is 0 Å². The Balaban J connectivity index is 1.18. The molecule has 5 aromatic rings. The Morgan fingerprint density at radius 1 is 1.05 bits per heavy atom. The van der Waals surface area contributed by atoms with Gasteiger partial charge in [-0.3, -0.25) is 18.9 Å². The summed E-state index contributed by atoms with van der Waals surface area (Å²) in [7, 11) is 0. The number of para-hydroxylation sites is 2. The second kappa shape index (κ2) is 11.4. The van der Waals surface area contributed by atoms with Crippen LogP contribution in [0.15, 0.2) is 76.8 Å². The van der Waals surface area contributed by atoms with Crippen molar-refractivity contribution in [1.29, 1.82) is 0 Å². The molecule has 0 spiro atoms. The van der Waals surface area contributed by atoms with Gasteiger partial charge in [-0.25, -0.2) is 27.9 Å². The molecular formula is C29H26ClF2N7O3. The number of pyridine rings is 2. The summed E-state index contributed by atoms with van der Waals surface area (Å²) in [5.41, 5.74) is 0.740. The van der Waals surface area contributed by atoms with E-state index in [2.05, 4.69) is 20.3 Å². The number of H-pyrrole nitrogens is 1. The van der Waals surface area contributed by atoms with Crippen molar-refractivity contribution in [2.45, 2.75) is 44.7 Å². The van der Waals surface area contributed by atoms with Gasteiger partial charge in [-0.15, -0.1) is 0 Å². The molecule has 13 heteroatoms. The lowest BCUT2D eigenvalue weighted by molar-refractivity contribution is 0.0904. The first kappa shape index (κ1) is 27.6. The lowest BCUT2D eigenvalue weighted by Crippen LogP contribution is -2.39. The highest BCUT2D eigenvalue weighted by Gasteiger charge is 2.27. The molecule has 1 fully saturated rings. The molecule has 0 atom stereocenters. The number of hydrogen-bond donors (Lipinski definition) is 2. The second-order valence-electron chi connectivity index (χ2n) is 10.3. The Hall–Kier alpha value is -4.58. The molecular weight excluding hydrogens is 568 g/mol. The van der Waals surface area contributed by atoms with Crippen LogP contribution >= 0.6 is 11.6 Å². The van der Waals surface area contributed by atoms with Crippen molar-refractivity contribution in [3.05, 3.63) is 105 Å². The lowest BCUT2D eigenvalue weighted by Gasteiger charge is -2.29. The van der Waals surface area contributed by atoms with Crippen molar-refractivity contribution in [2.75, 3.05) is 0 Å². The molecule has 1 aromatic carbocycles. The summed E-state index contributed by atoms with van der Waals surface area (Å²) in [4.78, 5) is 49.1. The molecule has 216 valence electrons.